The van der Waals surface area contributed by atoms with E-state index in [1.54, 1.807) is 0 Å². The van der Waals surface area contributed by atoms with Crippen molar-refractivity contribution >= 4 is 23.5 Å². The molecule has 0 bridgehead atoms. The number of allylic oxidation sites excluding steroid dienone is 1. The van der Waals surface area contributed by atoms with Crippen LogP contribution in [0.5, 0.6) is 0 Å². The molecule has 0 saturated carbocycles. The standard InChI is InChI=1S/C18H30N4O4/c1-13(23)9-10-16(24)20-12-6-4-8-15-18(26)21-14(17(25)22-15)7-3-5-11-19-2/h9-10,14-15,19H,3-8,11-12H2,1-2H3,(H,20,24)(H,21,26)(H,22,25)/b10-9+. The van der Waals surface area contributed by atoms with Crippen LogP contribution in [0, 0.1) is 0 Å². The van der Waals surface area contributed by atoms with Crippen molar-refractivity contribution in [2.45, 2.75) is 57.5 Å². The molecule has 146 valence electrons. The van der Waals surface area contributed by atoms with Crippen LogP contribution in [0.15, 0.2) is 12.2 Å². The van der Waals surface area contributed by atoms with Crippen molar-refractivity contribution in [2.75, 3.05) is 20.1 Å². The van der Waals surface area contributed by atoms with Crippen molar-refractivity contribution in [3.8, 4) is 0 Å². The number of unbranched alkanes of at least 4 members (excludes halogenated alkanes) is 2. The van der Waals surface area contributed by atoms with Crippen molar-refractivity contribution in [3.05, 3.63) is 12.2 Å². The molecule has 26 heavy (non-hydrogen) atoms. The molecule has 0 spiro atoms. The molecular weight excluding hydrogens is 336 g/mol. The van der Waals surface area contributed by atoms with Gasteiger partial charge >= 0.3 is 0 Å². The zero-order valence-corrected chi connectivity index (χ0v) is 15.6. The van der Waals surface area contributed by atoms with Gasteiger partial charge in [-0.15, -0.1) is 0 Å². The zero-order valence-electron chi connectivity index (χ0n) is 15.6. The fourth-order valence-electron chi connectivity index (χ4n) is 2.67. The Morgan fingerprint density at radius 3 is 1.96 bits per heavy atom. The number of hydrogen-bond acceptors (Lipinski definition) is 5. The summed E-state index contributed by atoms with van der Waals surface area (Å²) in [5.74, 6) is -0.761. The van der Waals surface area contributed by atoms with Gasteiger partial charge in [0.05, 0.1) is 0 Å². The van der Waals surface area contributed by atoms with E-state index in [1.165, 1.54) is 19.1 Å². The maximum absolute atomic E-state index is 12.1. The molecule has 1 fully saturated rings. The molecule has 3 amide bonds. The summed E-state index contributed by atoms with van der Waals surface area (Å²) < 4.78 is 0. The second-order valence-corrected chi connectivity index (χ2v) is 6.45. The Labute approximate surface area is 154 Å². The van der Waals surface area contributed by atoms with Crippen LogP contribution >= 0.6 is 0 Å². The molecule has 0 aromatic heterocycles. The van der Waals surface area contributed by atoms with E-state index in [-0.39, 0.29) is 23.5 Å². The lowest BCUT2D eigenvalue weighted by atomic mass is 10.0. The third kappa shape index (κ3) is 8.75. The first-order chi connectivity index (χ1) is 12.4. The SMILES string of the molecule is CNCCCCC1NC(=O)C(CCCCNC(=O)/C=C/C(C)=O)NC1=O. The average molecular weight is 366 g/mol. The van der Waals surface area contributed by atoms with E-state index in [9.17, 15) is 19.2 Å². The second-order valence-electron chi connectivity index (χ2n) is 6.45. The Morgan fingerprint density at radius 2 is 1.46 bits per heavy atom. The maximum Gasteiger partial charge on any atom is 0.244 e. The van der Waals surface area contributed by atoms with Crippen molar-refractivity contribution in [1.29, 1.82) is 0 Å². The fraction of sp³-hybridized carbons (Fsp3) is 0.667. The molecule has 4 N–H and O–H groups in total. The van der Waals surface area contributed by atoms with E-state index in [4.69, 9.17) is 0 Å². The van der Waals surface area contributed by atoms with Gasteiger partial charge in [0.2, 0.25) is 17.7 Å². The summed E-state index contributed by atoms with van der Waals surface area (Å²) in [6.07, 6.45) is 6.82. The first-order valence-corrected chi connectivity index (χ1v) is 9.16. The lowest BCUT2D eigenvalue weighted by Gasteiger charge is -2.29. The highest BCUT2D eigenvalue weighted by molar-refractivity contribution is 5.97. The van der Waals surface area contributed by atoms with E-state index in [0.29, 0.717) is 32.2 Å². The molecule has 2 unspecified atom stereocenters. The van der Waals surface area contributed by atoms with Crippen LogP contribution in [0.2, 0.25) is 0 Å². The highest BCUT2D eigenvalue weighted by Crippen LogP contribution is 2.10. The fourth-order valence-corrected chi connectivity index (χ4v) is 2.67. The highest BCUT2D eigenvalue weighted by Gasteiger charge is 2.32. The molecule has 1 saturated heterocycles. The van der Waals surface area contributed by atoms with Crippen LogP contribution in [0.4, 0.5) is 0 Å². The normalized spacial score (nSPS) is 19.9. The minimum atomic E-state index is -0.510. The van der Waals surface area contributed by atoms with Gasteiger partial charge in [0.1, 0.15) is 12.1 Å². The maximum atomic E-state index is 12.1. The number of hydrogen-bond donors (Lipinski definition) is 4. The monoisotopic (exact) mass is 366 g/mol. The van der Waals surface area contributed by atoms with E-state index in [0.717, 1.165) is 19.4 Å². The highest BCUT2D eigenvalue weighted by atomic mass is 16.2. The van der Waals surface area contributed by atoms with Crippen molar-refractivity contribution in [1.82, 2.24) is 21.3 Å². The molecule has 8 heteroatoms. The van der Waals surface area contributed by atoms with Gasteiger partial charge in [-0.1, -0.05) is 0 Å². The summed E-state index contributed by atoms with van der Waals surface area (Å²) in [6.45, 7) is 2.73. The number of piperazine rings is 1. The third-order valence-electron chi connectivity index (χ3n) is 4.12. The molecule has 1 heterocycles. The number of nitrogens with one attached hydrogen (secondary N) is 4. The van der Waals surface area contributed by atoms with Crippen LogP contribution in [-0.2, 0) is 19.2 Å². The molecule has 0 radical (unpaired) electrons. The number of ketones is 1. The molecule has 0 aliphatic carbocycles. The van der Waals surface area contributed by atoms with Crippen LogP contribution in [0.1, 0.15) is 45.4 Å². The summed E-state index contributed by atoms with van der Waals surface area (Å²) in [4.78, 5) is 46.3. The predicted octanol–water partition coefficient (Wildman–Crippen LogP) is -0.209. The summed E-state index contributed by atoms with van der Waals surface area (Å²) in [5, 5.41) is 11.3. The van der Waals surface area contributed by atoms with Gasteiger partial charge in [-0.05, 0) is 65.1 Å². The smallest absolute Gasteiger partial charge is 0.244 e. The van der Waals surface area contributed by atoms with Gasteiger partial charge in [-0.2, -0.15) is 0 Å². The average Bonchev–Trinajstić information content (AvgIpc) is 2.60. The summed E-state index contributed by atoms with van der Waals surface area (Å²) in [5.41, 5.74) is 0. The van der Waals surface area contributed by atoms with Crippen molar-refractivity contribution in [3.63, 3.8) is 0 Å². The minimum absolute atomic E-state index is 0.123. The first-order valence-electron chi connectivity index (χ1n) is 9.16. The lowest BCUT2D eigenvalue weighted by molar-refractivity contribution is -0.137. The quantitative estimate of drug-likeness (QED) is 0.282. The second kappa shape index (κ2) is 12.2. The minimum Gasteiger partial charge on any atom is -0.353 e. The molecule has 1 rings (SSSR count). The lowest BCUT2D eigenvalue weighted by Crippen LogP contribution is -2.61. The van der Waals surface area contributed by atoms with Crippen LogP contribution < -0.4 is 21.3 Å². The first kappa shape index (κ1) is 21.8. The Hall–Kier alpha value is -2.22. The molecule has 2 atom stereocenters. The number of carbonyl (C=O) groups excluding carboxylic acids is 4. The summed E-state index contributed by atoms with van der Waals surface area (Å²) in [7, 11) is 1.88. The molecule has 0 aromatic carbocycles. The largest absolute Gasteiger partial charge is 0.353 e. The van der Waals surface area contributed by atoms with Gasteiger partial charge in [-0.3, -0.25) is 19.2 Å². The molecule has 8 nitrogen and oxygen atoms in total. The third-order valence-corrected chi connectivity index (χ3v) is 4.12. The van der Waals surface area contributed by atoms with E-state index >= 15 is 0 Å². The van der Waals surface area contributed by atoms with Gasteiger partial charge in [0.25, 0.3) is 0 Å². The molecule has 1 aliphatic rings. The number of amides is 3. The van der Waals surface area contributed by atoms with Gasteiger partial charge in [0, 0.05) is 12.6 Å². The Balaban J connectivity index is 2.20. The van der Waals surface area contributed by atoms with Crippen LogP contribution in [-0.4, -0.2) is 55.7 Å². The Morgan fingerprint density at radius 1 is 0.923 bits per heavy atom. The topological polar surface area (TPSA) is 116 Å². The van der Waals surface area contributed by atoms with Gasteiger partial charge in [0.15, 0.2) is 5.78 Å². The summed E-state index contributed by atoms with van der Waals surface area (Å²) in [6, 6.07) is -0.952. The van der Waals surface area contributed by atoms with Crippen molar-refractivity contribution < 1.29 is 19.2 Å². The zero-order chi connectivity index (χ0) is 19.4. The molecule has 1 aliphatic heterocycles. The molecular formula is C18H30N4O4. The van der Waals surface area contributed by atoms with Crippen LogP contribution in [0.3, 0.4) is 0 Å². The van der Waals surface area contributed by atoms with Crippen molar-refractivity contribution in [2.24, 2.45) is 0 Å². The number of carbonyl (C=O) groups is 4. The predicted molar refractivity (Wildman–Crippen MR) is 98.3 cm³/mol. The van der Waals surface area contributed by atoms with E-state index in [1.807, 2.05) is 7.05 Å². The molecule has 0 aromatic rings. The Kier molecular flexibility index (Phi) is 10.2. The Bertz CT molecular complexity index is 533. The van der Waals surface area contributed by atoms with E-state index < -0.39 is 12.1 Å². The van der Waals surface area contributed by atoms with E-state index in [2.05, 4.69) is 21.3 Å². The van der Waals surface area contributed by atoms with Gasteiger partial charge in [-0.25, -0.2) is 0 Å². The van der Waals surface area contributed by atoms with Gasteiger partial charge < -0.3 is 21.3 Å². The van der Waals surface area contributed by atoms with Crippen LogP contribution in [0.25, 0.3) is 0 Å². The summed E-state index contributed by atoms with van der Waals surface area (Å²) >= 11 is 0. The number of rotatable bonds is 12.